The number of benzene rings is 1. The van der Waals surface area contributed by atoms with Crippen LogP contribution in [-0.2, 0) is 18.3 Å². The molecule has 0 amide bonds. The number of likely N-dealkylation sites (tertiary alicyclic amines) is 1. The molecule has 4 atom stereocenters. The smallest absolute Gasteiger partial charge is 0.180 e. The maximum absolute atomic E-state index is 12.6. The molecular formula is C23H27N3O4S. The lowest BCUT2D eigenvalue weighted by atomic mass is 9.49. The number of aromatic nitrogens is 1. The summed E-state index contributed by atoms with van der Waals surface area (Å²) in [6.45, 7) is 2.02. The van der Waals surface area contributed by atoms with Gasteiger partial charge < -0.3 is 25.1 Å². The Labute approximate surface area is 185 Å². The Hall–Kier alpha value is -2.03. The number of nitrogens with two attached hydrogens (primary N) is 1. The molecule has 1 aromatic heterocycles. The molecule has 3 heterocycles. The van der Waals surface area contributed by atoms with E-state index < -0.39 is 11.0 Å². The van der Waals surface area contributed by atoms with Crippen LogP contribution in [0.5, 0.6) is 17.2 Å². The normalized spacial score (nSPS) is 34.7. The number of piperidine rings is 1. The molecule has 8 heteroatoms. The third-order valence-corrected chi connectivity index (χ3v) is 9.42. The van der Waals surface area contributed by atoms with Crippen molar-refractivity contribution in [2.75, 3.05) is 33.0 Å². The number of aliphatic hydroxyl groups is 1. The van der Waals surface area contributed by atoms with Crippen molar-refractivity contribution in [3.63, 3.8) is 0 Å². The molecule has 1 saturated carbocycles. The predicted octanol–water partition coefficient (Wildman–Crippen LogP) is 2.44. The Morgan fingerprint density at radius 2 is 2.13 bits per heavy atom. The Bertz CT molecular complexity index is 1110. The summed E-state index contributed by atoms with van der Waals surface area (Å²) in [6.07, 6.45) is 4.40. The van der Waals surface area contributed by atoms with Crippen molar-refractivity contribution in [1.29, 1.82) is 0 Å². The number of methoxy groups -OCH3 is 2. The highest BCUT2D eigenvalue weighted by molar-refractivity contribution is 7.15. The molecule has 1 spiro atoms. The monoisotopic (exact) mass is 441 g/mol. The number of fused-ring (bicyclic) bond motifs is 2. The molecule has 3 aliphatic carbocycles. The standard InChI is InChI=1S/C23H27N3O4S/c1-28-14-8-15(29-2)18-17-12(14)7-16-23(27)9-13-19(31-21(24)25-13)20(30-18)22(17,23)5-6-26(16)10-11-3-4-11/h8,11,16,20,27H,3-7,9-10H2,1-2H3,(H2,24,25)/t16-,20+,22+,23-/m1/s1. The van der Waals surface area contributed by atoms with Gasteiger partial charge in [-0.25, -0.2) is 4.98 Å². The third kappa shape index (κ3) is 2.09. The van der Waals surface area contributed by atoms with Crippen molar-refractivity contribution in [3.05, 3.63) is 27.8 Å². The molecule has 2 aromatic rings. The van der Waals surface area contributed by atoms with Crippen LogP contribution in [0.15, 0.2) is 6.07 Å². The van der Waals surface area contributed by atoms with E-state index in [2.05, 4.69) is 9.88 Å². The van der Waals surface area contributed by atoms with E-state index in [0.29, 0.717) is 17.3 Å². The first kappa shape index (κ1) is 18.5. The minimum Gasteiger partial charge on any atom is -0.496 e. The van der Waals surface area contributed by atoms with Gasteiger partial charge in [0.05, 0.1) is 35.8 Å². The molecule has 1 saturated heterocycles. The SMILES string of the molecule is COc1cc(OC)c2c3c1C[C@H]1N(CC4CC4)CC[C@@]34[C@@H](O2)c2sc(N)nc2C[C@@]14O. The highest BCUT2D eigenvalue weighted by atomic mass is 32.1. The van der Waals surface area contributed by atoms with E-state index in [0.717, 1.165) is 65.0 Å². The lowest BCUT2D eigenvalue weighted by molar-refractivity contribution is -0.172. The zero-order valence-corrected chi connectivity index (χ0v) is 18.6. The van der Waals surface area contributed by atoms with Gasteiger partial charge in [0.15, 0.2) is 16.6 Å². The molecule has 7 nitrogen and oxygen atoms in total. The van der Waals surface area contributed by atoms with Gasteiger partial charge in [-0.2, -0.15) is 0 Å². The quantitative estimate of drug-likeness (QED) is 0.753. The molecule has 5 aliphatic rings. The van der Waals surface area contributed by atoms with E-state index in [-0.39, 0.29) is 12.1 Å². The van der Waals surface area contributed by atoms with E-state index in [4.69, 9.17) is 19.9 Å². The van der Waals surface area contributed by atoms with Crippen molar-refractivity contribution in [2.24, 2.45) is 5.92 Å². The van der Waals surface area contributed by atoms with Gasteiger partial charge in [0, 0.05) is 36.2 Å². The molecule has 2 aliphatic heterocycles. The van der Waals surface area contributed by atoms with Crippen molar-refractivity contribution in [1.82, 2.24) is 9.88 Å². The number of hydrogen-bond donors (Lipinski definition) is 2. The summed E-state index contributed by atoms with van der Waals surface area (Å²) in [4.78, 5) is 8.21. The summed E-state index contributed by atoms with van der Waals surface area (Å²) in [5.74, 6) is 3.02. The second-order valence-corrected chi connectivity index (χ2v) is 10.9. The first-order chi connectivity index (χ1) is 15.0. The number of nitrogen functional groups attached to an aromatic ring is 1. The summed E-state index contributed by atoms with van der Waals surface area (Å²) in [5, 5.41) is 13.2. The van der Waals surface area contributed by atoms with Crippen LogP contribution in [0.4, 0.5) is 5.13 Å². The van der Waals surface area contributed by atoms with Gasteiger partial charge >= 0.3 is 0 Å². The number of nitrogens with zero attached hydrogens (tertiary/aromatic N) is 2. The first-order valence-electron chi connectivity index (χ1n) is 11.2. The Balaban J connectivity index is 1.52. The topological polar surface area (TPSA) is 90.1 Å². The second kappa shape index (κ2) is 5.85. The van der Waals surface area contributed by atoms with Crippen molar-refractivity contribution in [2.45, 2.75) is 55.3 Å². The molecule has 2 bridgehead atoms. The molecule has 2 fully saturated rings. The molecule has 7 rings (SSSR count). The molecule has 31 heavy (non-hydrogen) atoms. The van der Waals surface area contributed by atoms with Gasteiger partial charge in [-0.05, 0) is 38.1 Å². The number of ether oxygens (including phenoxy) is 3. The Morgan fingerprint density at radius 3 is 2.87 bits per heavy atom. The van der Waals surface area contributed by atoms with Crippen molar-refractivity contribution < 1.29 is 19.3 Å². The average molecular weight is 442 g/mol. The number of anilines is 1. The fourth-order valence-corrected chi connectivity index (χ4v) is 7.96. The molecule has 3 N–H and O–H groups in total. The van der Waals surface area contributed by atoms with Crippen LogP contribution >= 0.6 is 11.3 Å². The van der Waals surface area contributed by atoms with Gasteiger partial charge in [0.1, 0.15) is 11.9 Å². The molecule has 164 valence electrons. The largest absolute Gasteiger partial charge is 0.496 e. The summed E-state index contributed by atoms with van der Waals surface area (Å²) in [7, 11) is 3.37. The molecule has 0 unspecified atom stereocenters. The van der Waals surface area contributed by atoms with Crippen LogP contribution in [0.2, 0.25) is 0 Å². The van der Waals surface area contributed by atoms with Gasteiger partial charge in [-0.15, -0.1) is 0 Å². The molecular weight excluding hydrogens is 414 g/mol. The fourth-order valence-electron chi connectivity index (χ4n) is 6.99. The van der Waals surface area contributed by atoms with Crippen LogP contribution in [0, 0.1) is 5.92 Å². The molecule has 1 aromatic carbocycles. The average Bonchev–Trinajstić information content (AvgIpc) is 3.38. The number of thiazole rings is 1. The zero-order chi connectivity index (χ0) is 21.1. The van der Waals surface area contributed by atoms with Crippen LogP contribution in [0.3, 0.4) is 0 Å². The van der Waals surface area contributed by atoms with E-state index in [1.165, 1.54) is 24.2 Å². The zero-order valence-electron chi connectivity index (χ0n) is 17.8. The van der Waals surface area contributed by atoms with Gasteiger partial charge in [-0.1, -0.05) is 11.3 Å². The minimum absolute atomic E-state index is 0.00442. The third-order valence-electron chi connectivity index (χ3n) is 8.45. The second-order valence-electron chi connectivity index (χ2n) is 9.81. The van der Waals surface area contributed by atoms with E-state index in [9.17, 15) is 5.11 Å². The number of hydrogen-bond acceptors (Lipinski definition) is 8. The highest BCUT2D eigenvalue weighted by Crippen LogP contribution is 2.70. The summed E-state index contributed by atoms with van der Waals surface area (Å²) in [5.41, 5.74) is 7.80. The van der Waals surface area contributed by atoms with Crippen molar-refractivity contribution in [3.8, 4) is 17.2 Å². The lowest BCUT2D eigenvalue weighted by Gasteiger charge is -2.62. The maximum atomic E-state index is 12.6. The summed E-state index contributed by atoms with van der Waals surface area (Å²) in [6, 6.07) is 1.94. The van der Waals surface area contributed by atoms with E-state index in [1.54, 1.807) is 14.2 Å². The minimum atomic E-state index is -0.964. The lowest BCUT2D eigenvalue weighted by Crippen LogP contribution is -2.74. The summed E-state index contributed by atoms with van der Waals surface area (Å²) < 4.78 is 18.3. The van der Waals surface area contributed by atoms with Gasteiger partial charge in [-0.3, -0.25) is 4.90 Å². The summed E-state index contributed by atoms with van der Waals surface area (Å²) >= 11 is 1.50. The van der Waals surface area contributed by atoms with Crippen LogP contribution < -0.4 is 19.9 Å². The predicted molar refractivity (Wildman–Crippen MR) is 116 cm³/mol. The van der Waals surface area contributed by atoms with Gasteiger partial charge in [0.2, 0.25) is 0 Å². The number of rotatable bonds is 4. The van der Waals surface area contributed by atoms with Crippen LogP contribution in [0.25, 0.3) is 0 Å². The van der Waals surface area contributed by atoms with E-state index >= 15 is 0 Å². The highest BCUT2D eigenvalue weighted by Gasteiger charge is 2.73. The maximum Gasteiger partial charge on any atom is 0.180 e. The first-order valence-corrected chi connectivity index (χ1v) is 12.0. The van der Waals surface area contributed by atoms with E-state index in [1.807, 2.05) is 6.07 Å². The molecule has 0 radical (unpaired) electrons. The van der Waals surface area contributed by atoms with Crippen LogP contribution in [0.1, 0.15) is 47.1 Å². The van der Waals surface area contributed by atoms with Gasteiger partial charge in [0.25, 0.3) is 0 Å². The Morgan fingerprint density at radius 1 is 1.32 bits per heavy atom. The fraction of sp³-hybridized carbons (Fsp3) is 0.609. The van der Waals surface area contributed by atoms with Crippen molar-refractivity contribution >= 4 is 16.5 Å². The van der Waals surface area contributed by atoms with Crippen LogP contribution in [-0.4, -0.2) is 53.9 Å². The Kier molecular flexibility index (Phi) is 3.50.